The van der Waals surface area contributed by atoms with Gasteiger partial charge in [0.1, 0.15) is 12.4 Å². The molecule has 0 aliphatic heterocycles. The Balaban J connectivity index is 2.01. The van der Waals surface area contributed by atoms with Crippen molar-refractivity contribution < 1.29 is 9.53 Å². The molecule has 0 heterocycles. The molecular formula is C18H18Cl2O2. The van der Waals surface area contributed by atoms with Crippen molar-refractivity contribution in [2.24, 2.45) is 5.41 Å². The zero-order chi connectivity index (χ0) is 16.2. The average Bonchev–Trinajstić information content (AvgIpc) is 2.54. The lowest BCUT2D eigenvalue weighted by Crippen LogP contribution is -2.30. The fraction of sp³-hybridized carbons (Fsp3) is 0.278. The van der Waals surface area contributed by atoms with Crippen LogP contribution in [0.2, 0.25) is 5.02 Å². The van der Waals surface area contributed by atoms with Gasteiger partial charge in [0.2, 0.25) is 0 Å². The van der Waals surface area contributed by atoms with Crippen LogP contribution in [0.5, 0.6) is 5.75 Å². The molecule has 0 spiro atoms. The van der Waals surface area contributed by atoms with E-state index in [0.717, 1.165) is 11.1 Å². The maximum absolute atomic E-state index is 12.0. The summed E-state index contributed by atoms with van der Waals surface area (Å²) in [6.07, 6.45) is 0. The van der Waals surface area contributed by atoms with Gasteiger partial charge in [-0.3, -0.25) is 4.79 Å². The summed E-state index contributed by atoms with van der Waals surface area (Å²) in [6.45, 7) is 3.66. The number of hydrogen-bond donors (Lipinski definition) is 0. The van der Waals surface area contributed by atoms with Gasteiger partial charge in [-0.15, -0.1) is 11.6 Å². The molecule has 0 fully saturated rings. The Kier molecular flexibility index (Phi) is 5.49. The predicted molar refractivity (Wildman–Crippen MR) is 91.9 cm³/mol. The maximum Gasteiger partial charge on any atom is 0.176 e. The molecule has 0 N–H and O–H groups in total. The first kappa shape index (κ1) is 16.9. The molecule has 2 nitrogen and oxygen atoms in total. The summed E-state index contributed by atoms with van der Waals surface area (Å²) in [6, 6.07) is 15.2. The molecule has 2 aromatic carbocycles. The highest BCUT2D eigenvalue weighted by Crippen LogP contribution is 2.24. The van der Waals surface area contributed by atoms with Gasteiger partial charge in [-0.1, -0.05) is 49.7 Å². The number of rotatable bonds is 6. The van der Waals surface area contributed by atoms with Crippen molar-refractivity contribution in [3.63, 3.8) is 0 Å². The molecular weight excluding hydrogens is 319 g/mol. The molecule has 0 atom stereocenters. The van der Waals surface area contributed by atoms with Crippen LogP contribution in [0.3, 0.4) is 0 Å². The van der Waals surface area contributed by atoms with E-state index in [1.165, 1.54) is 0 Å². The van der Waals surface area contributed by atoms with Crippen molar-refractivity contribution in [1.29, 1.82) is 0 Å². The Labute approximate surface area is 141 Å². The van der Waals surface area contributed by atoms with Crippen molar-refractivity contribution >= 4 is 29.0 Å². The normalized spacial score (nSPS) is 11.3. The summed E-state index contributed by atoms with van der Waals surface area (Å²) < 4.78 is 5.54. The third kappa shape index (κ3) is 4.25. The molecule has 0 saturated heterocycles. The smallest absolute Gasteiger partial charge is 0.176 e. The maximum atomic E-state index is 12.0. The van der Waals surface area contributed by atoms with Crippen LogP contribution in [0.15, 0.2) is 48.5 Å². The molecule has 22 heavy (non-hydrogen) atoms. The molecule has 0 aromatic heterocycles. The number of Topliss-reactive ketones (excluding diaryl/α,β-unsaturated/α-hetero) is 1. The molecule has 2 rings (SSSR count). The molecule has 0 aliphatic rings. The minimum absolute atomic E-state index is 0.00993. The van der Waals surface area contributed by atoms with Gasteiger partial charge in [-0.2, -0.15) is 0 Å². The fourth-order valence-electron chi connectivity index (χ4n) is 1.80. The van der Waals surface area contributed by atoms with Gasteiger partial charge in [0, 0.05) is 16.3 Å². The molecule has 0 aliphatic carbocycles. The first-order chi connectivity index (χ1) is 10.4. The molecule has 116 valence electrons. The van der Waals surface area contributed by atoms with Gasteiger partial charge in [-0.25, -0.2) is 0 Å². The molecule has 4 heteroatoms. The Morgan fingerprint density at radius 2 is 1.50 bits per heavy atom. The SMILES string of the molecule is CC(C)(CCl)C(=O)COc1ccc(-c2ccc(Cl)cc2)cc1. The minimum atomic E-state index is -0.565. The second-order valence-corrected chi connectivity index (χ2v) is 6.46. The Hall–Kier alpha value is -1.51. The Morgan fingerprint density at radius 3 is 2.00 bits per heavy atom. The standard InChI is InChI=1S/C18H18Cl2O2/c1-18(2,12-19)17(21)11-22-16-9-5-14(6-10-16)13-3-7-15(20)8-4-13/h3-10H,11-12H2,1-2H3. The summed E-state index contributed by atoms with van der Waals surface area (Å²) in [5, 5.41) is 0.712. The number of benzene rings is 2. The van der Waals surface area contributed by atoms with Crippen LogP contribution in [0.4, 0.5) is 0 Å². The van der Waals surface area contributed by atoms with Gasteiger partial charge in [0.15, 0.2) is 5.78 Å². The minimum Gasteiger partial charge on any atom is -0.486 e. The third-order valence-corrected chi connectivity index (χ3v) is 4.41. The average molecular weight is 337 g/mol. The van der Waals surface area contributed by atoms with E-state index in [1.54, 1.807) is 0 Å². The summed E-state index contributed by atoms with van der Waals surface area (Å²) in [7, 11) is 0. The number of halogens is 2. The highest BCUT2D eigenvalue weighted by atomic mass is 35.5. The van der Waals surface area contributed by atoms with Crippen molar-refractivity contribution in [2.45, 2.75) is 13.8 Å². The van der Waals surface area contributed by atoms with Crippen LogP contribution in [-0.2, 0) is 4.79 Å². The van der Waals surface area contributed by atoms with Crippen LogP contribution in [0, 0.1) is 5.41 Å². The monoisotopic (exact) mass is 336 g/mol. The number of ketones is 1. The van der Waals surface area contributed by atoms with E-state index in [0.29, 0.717) is 10.8 Å². The number of carbonyl (C=O) groups excluding carboxylic acids is 1. The molecule has 0 unspecified atom stereocenters. The summed E-state index contributed by atoms with van der Waals surface area (Å²) in [4.78, 5) is 12.0. The fourth-order valence-corrected chi connectivity index (χ4v) is 2.08. The van der Waals surface area contributed by atoms with Gasteiger partial charge in [0.05, 0.1) is 0 Å². The van der Waals surface area contributed by atoms with E-state index in [2.05, 4.69) is 0 Å². The molecule has 0 bridgehead atoms. The van der Waals surface area contributed by atoms with Crippen LogP contribution < -0.4 is 4.74 Å². The molecule has 0 amide bonds. The van der Waals surface area contributed by atoms with Crippen LogP contribution in [0.25, 0.3) is 11.1 Å². The second-order valence-electron chi connectivity index (χ2n) is 5.76. The van der Waals surface area contributed by atoms with Crippen molar-refractivity contribution in [3.05, 3.63) is 53.6 Å². The summed E-state index contributed by atoms with van der Waals surface area (Å²) in [5.74, 6) is 0.936. The number of carbonyl (C=O) groups is 1. The number of alkyl halides is 1. The van der Waals surface area contributed by atoms with Crippen LogP contribution in [0.1, 0.15) is 13.8 Å². The lowest BCUT2D eigenvalue weighted by molar-refractivity contribution is -0.128. The van der Waals surface area contributed by atoms with E-state index >= 15 is 0 Å². The molecule has 0 saturated carbocycles. The van der Waals surface area contributed by atoms with E-state index < -0.39 is 5.41 Å². The van der Waals surface area contributed by atoms with E-state index in [-0.39, 0.29) is 18.3 Å². The Morgan fingerprint density at radius 1 is 1.00 bits per heavy atom. The lowest BCUT2D eigenvalue weighted by atomic mass is 9.91. The van der Waals surface area contributed by atoms with E-state index in [9.17, 15) is 4.79 Å². The quantitative estimate of drug-likeness (QED) is 0.676. The van der Waals surface area contributed by atoms with E-state index in [4.69, 9.17) is 27.9 Å². The zero-order valence-electron chi connectivity index (χ0n) is 12.6. The largest absolute Gasteiger partial charge is 0.486 e. The van der Waals surface area contributed by atoms with Gasteiger partial charge in [0.25, 0.3) is 0 Å². The predicted octanol–water partition coefficient (Wildman–Crippen LogP) is 5.22. The van der Waals surface area contributed by atoms with Gasteiger partial charge >= 0.3 is 0 Å². The van der Waals surface area contributed by atoms with Crippen molar-refractivity contribution in [3.8, 4) is 16.9 Å². The topological polar surface area (TPSA) is 26.3 Å². The zero-order valence-corrected chi connectivity index (χ0v) is 14.1. The first-order valence-electron chi connectivity index (χ1n) is 7.00. The third-order valence-electron chi connectivity index (χ3n) is 3.49. The summed E-state index contributed by atoms with van der Waals surface area (Å²) in [5.41, 5.74) is 1.58. The van der Waals surface area contributed by atoms with Crippen LogP contribution in [-0.4, -0.2) is 18.3 Å². The van der Waals surface area contributed by atoms with E-state index in [1.807, 2.05) is 62.4 Å². The molecule has 0 radical (unpaired) electrons. The van der Waals surface area contributed by atoms with Gasteiger partial charge < -0.3 is 4.74 Å². The highest BCUT2D eigenvalue weighted by Gasteiger charge is 2.26. The molecule has 2 aromatic rings. The van der Waals surface area contributed by atoms with Crippen molar-refractivity contribution in [1.82, 2.24) is 0 Å². The van der Waals surface area contributed by atoms with Crippen molar-refractivity contribution in [2.75, 3.05) is 12.5 Å². The second kappa shape index (κ2) is 7.17. The summed E-state index contributed by atoms with van der Waals surface area (Å²) >= 11 is 11.7. The van der Waals surface area contributed by atoms with Crippen LogP contribution >= 0.6 is 23.2 Å². The number of hydrogen-bond acceptors (Lipinski definition) is 2. The highest BCUT2D eigenvalue weighted by molar-refractivity contribution is 6.30. The lowest BCUT2D eigenvalue weighted by Gasteiger charge is -2.19. The Bertz CT molecular complexity index is 631. The number of ether oxygens (including phenoxy) is 1. The first-order valence-corrected chi connectivity index (χ1v) is 7.92. The van der Waals surface area contributed by atoms with Gasteiger partial charge in [-0.05, 0) is 35.4 Å².